The standard InChI is InChI=1S/C21H22N5O5/c1-26(2,21(30)31-15-11-7-4-8-12-15)19-23-18(24-20(29)25-19)22-16(13-17(27)28)14-9-5-3-6-10-14/h3-7,9-12,16H,8,13H2,1-2H3,(H2-,22,23,24,25,27,28,29)/p+1/t16-/m1/s1. The molecule has 1 atom stereocenters. The van der Waals surface area contributed by atoms with E-state index in [0.717, 1.165) is 0 Å². The molecule has 1 heterocycles. The monoisotopic (exact) mass is 425 g/mol. The van der Waals surface area contributed by atoms with Crippen LogP contribution >= 0.6 is 0 Å². The molecule has 1 aliphatic rings. The first-order valence-electron chi connectivity index (χ1n) is 9.51. The van der Waals surface area contributed by atoms with Gasteiger partial charge in [0.25, 0.3) is 0 Å². The molecular formula is C21H23N5O5+. The highest BCUT2D eigenvalue weighted by Gasteiger charge is 2.37. The molecule has 1 aliphatic carbocycles. The van der Waals surface area contributed by atoms with Crippen LogP contribution in [0.15, 0.2) is 54.3 Å². The Morgan fingerprint density at radius 3 is 2.58 bits per heavy atom. The molecule has 31 heavy (non-hydrogen) atoms. The van der Waals surface area contributed by atoms with Gasteiger partial charge >= 0.3 is 24.0 Å². The largest absolute Gasteiger partial charge is 0.528 e. The van der Waals surface area contributed by atoms with Crippen molar-refractivity contribution in [3.05, 3.63) is 66.3 Å². The number of aromatic hydroxyl groups is 1. The number of ether oxygens (including phenoxy) is 1. The van der Waals surface area contributed by atoms with E-state index in [1.807, 2.05) is 12.5 Å². The van der Waals surface area contributed by atoms with Gasteiger partial charge in [0.1, 0.15) is 5.76 Å². The summed E-state index contributed by atoms with van der Waals surface area (Å²) in [6, 6.07) is 7.64. The van der Waals surface area contributed by atoms with Gasteiger partial charge < -0.3 is 20.3 Å². The van der Waals surface area contributed by atoms with Crippen LogP contribution in [0.4, 0.5) is 16.7 Å². The van der Waals surface area contributed by atoms with Crippen LogP contribution in [0.25, 0.3) is 0 Å². The molecule has 0 saturated carbocycles. The molecule has 10 nitrogen and oxygen atoms in total. The minimum absolute atomic E-state index is 0.0667. The van der Waals surface area contributed by atoms with Crippen LogP contribution in [-0.4, -0.2) is 51.3 Å². The van der Waals surface area contributed by atoms with Crippen molar-refractivity contribution in [1.82, 2.24) is 19.4 Å². The number of anilines is 1. The van der Waals surface area contributed by atoms with Crippen molar-refractivity contribution in [2.24, 2.45) is 0 Å². The number of aliphatic carboxylic acids is 1. The van der Waals surface area contributed by atoms with E-state index in [1.54, 1.807) is 42.5 Å². The highest BCUT2D eigenvalue weighted by molar-refractivity contribution is 5.80. The molecule has 161 valence electrons. The molecule has 2 aromatic rings. The molecule has 3 rings (SSSR count). The van der Waals surface area contributed by atoms with Gasteiger partial charge in [-0.3, -0.25) is 4.79 Å². The summed E-state index contributed by atoms with van der Waals surface area (Å²) in [5.74, 6) is -0.761. The lowest BCUT2D eigenvalue weighted by Crippen LogP contribution is -2.48. The van der Waals surface area contributed by atoms with Gasteiger partial charge in [0.05, 0.1) is 26.6 Å². The Morgan fingerprint density at radius 2 is 1.94 bits per heavy atom. The van der Waals surface area contributed by atoms with E-state index in [9.17, 15) is 19.8 Å². The third-order valence-corrected chi connectivity index (χ3v) is 4.51. The average molecular weight is 425 g/mol. The van der Waals surface area contributed by atoms with E-state index in [0.29, 0.717) is 17.7 Å². The Bertz CT molecular complexity index is 1020. The van der Waals surface area contributed by atoms with Crippen LogP contribution in [0, 0.1) is 6.42 Å². The fourth-order valence-electron chi connectivity index (χ4n) is 2.80. The lowest BCUT2D eigenvalue weighted by atomic mass is 10.0. The van der Waals surface area contributed by atoms with Crippen LogP contribution in [0.2, 0.25) is 0 Å². The number of aromatic nitrogens is 3. The molecule has 1 aromatic carbocycles. The van der Waals surface area contributed by atoms with Gasteiger partial charge in [0, 0.05) is 0 Å². The fourth-order valence-corrected chi connectivity index (χ4v) is 2.80. The molecule has 1 radical (unpaired) electrons. The minimum Gasteiger partial charge on any atom is -0.481 e. The molecule has 0 aliphatic heterocycles. The summed E-state index contributed by atoms with van der Waals surface area (Å²) in [4.78, 5) is 36.0. The Hall–Kier alpha value is -3.79. The number of amides is 1. The SMILES string of the molecule is C[N+](C)(C(=O)OC1=CC[CH]C=C1)c1nc(O)nc(N[C@H](CC(=O)O)c2ccccc2)n1. The summed E-state index contributed by atoms with van der Waals surface area (Å²) in [6.07, 6.45) is 6.85. The summed E-state index contributed by atoms with van der Waals surface area (Å²) in [5.41, 5.74) is 0.701. The number of quaternary nitrogens is 1. The number of rotatable bonds is 7. The summed E-state index contributed by atoms with van der Waals surface area (Å²) in [5, 5.41) is 22.2. The highest BCUT2D eigenvalue weighted by atomic mass is 16.6. The molecular weight excluding hydrogens is 402 g/mol. The van der Waals surface area contributed by atoms with Gasteiger partial charge in [-0.1, -0.05) is 36.4 Å². The zero-order valence-electron chi connectivity index (χ0n) is 17.1. The Labute approximate surface area is 179 Å². The Kier molecular flexibility index (Phi) is 6.61. The number of carbonyl (C=O) groups excluding carboxylic acids is 1. The summed E-state index contributed by atoms with van der Waals surface area (Å²) in [6.45, 7) is 0. The third-order valence-electron chi connectivity index (χ3n) is 4.51. The van der Waals surface area contributed by atoms with E-state index in [2.05, 4.69) is 20.3 Å². The number of carboxylic acid groups (broad SMARTS) is 1. The number of hydrogen-bond donors (Lipinski definition) is 3. The summed E-state index contributed by atoms with van der Waals surface area (Å²) >= 11 is 0. The molecule has 0 spiro atoms. The number of nitrogens with zero attached hydrogens (tertiary/aromatic N) is 4. The normalized spacial score (nSPS) is 14.5. The molecule has 10 heteroatoms. The second-order valence-electron chi connectivity index (χ2n) is 7.22. The van der Waals surface area contributed by atoms with Crippen LogP contribution in [0.3, 0.4) is 0 Å². The number of carboxylic acids is 1. The quantitative estimate of drug-likeness (QED) is 0.572. The van der Waals surface area contributed by atoms with Crippen molar-refractivity contribution in [1.29, 1.82) is 0 Å². The first-order chi connectivity index (χ1) is 14.8. The first-order valence-corrected chi connectivity index (χ1v) is 9.51. The molecule has 0 fully saturated rings. The van der Waals surface area contributed by atoms with Gasteiger partial charge in [0.2, 0.25) is 5.95 Å². The second kappa shape index (κ2) is 9.35. The molecule has 3 N–H and O–H groups in total. The zero-order valence-corrected chi connectivity index (χ0v) is 17.1. The summed E-state index contributed by atoms with van der Waals surface area (Å²) in [7, 11) is 3.01. The third kappa shape index (κ3) is 5.64. The number of hydrogen-bond acceptors (Lipinski definition) is 8. The highest BCUT2D eigenvalue weighted by Crippen LogP contribution is 2.25. The maximum absolute atomic E-state index is 12.7. The van der Waals surface area contributed by atoms with E-state index in [-0.39, 0.29) is 18.3 Å². The minimum atomic E-state index is -1.02. The van der Waals surface area contributed by atoms with Crippen molar-refractivity contribution in [3.63, 3.8) is 0 Å². The van der Waals surface area contributed by atoms with Gasteiger partial charge in [-0.05, 0) is 30.6 Å². The van der Waals surface area contributed by atoms with E-state index < -0.39 is 28.6 Å². The van der Waals surface area contributed by atoms with Crippen molar-refractivity contribution in [2.75, 3.05) is 19.4 Å². The molecule has 0 bridgehead atoms. The van der Waals surface area contributed by atoms with Crippen molar-refractivity contribution < 1.29 is 24.5 Å². The van der Waals surface area contributed by atoms with Gasteiger partial charge in [-0.2, -0.15) is 14.3 Å². The maximum Gasteiger partial charge on any atom is 0.528 e. The first kappa shape index (κ1) is 21.9. The van der Waals surface area contributed by atoms with Crippen LogP contribution in [0.5, 0.6) is 6.01 Å². The predicted molar refractivity (Wildman–Crippen MR) is 113 cm³/mol. The number of carbonyl (C=O) groups is 2. The predicted octanol–water partition coefficient (Wildman–Crippen LogP) is 2.96. The lowest BCUT2D eigenvalue weighted by molar-refractivity contribution is -0.137. The smallest absolute Gasteiger partial charge is 0.481 e. The van der Waals surface area contributed by atoms with E-state index in [1.165, 1.54) is 14.1 Å². The van der Waals surface area contributed by atoms with E-state index >= 15 is 0 Å². The van der Waals surface area contributed by atoms with Crippen LogP contribution in [0.1, 0.15) is 24.4 Å². The zero-order chi connectivity index (χ0) is 22.4. The topological polar surface area (TPSA) is 135 Å². The van der Waals surface area contributed by atoms with E-state index in [4.69, 9.17) is 4.74 Å². The number of allylic oxidation sites excluding steroid dienone is 3. The average Bonchev–Trinajstić information content (AvgIpc) is 2.74. The Morgan fingerprint density at radius 1 is 1.19 bits per heavy atom. The molecule has 1 aromatic heterocycles. The maximum atomic E-state index is 12.7. The van der Waals surface area contributed by atoms with Gasteiger partial charge in [0.15, 0.2) is 0 Å². The van der Waals surface area contributed by atoms with Crippen molar-refractivity contribution in [2.45, 2.75) is 18.9 Å². The van der Waals surface area contributed by atoms with Crippen LogP contribution < -0.4 is 9.80 Å². The summed E-state index contributed by atoms with van der Waals surface area (Å²) < 4.78 is 4.87. The Balaban J connectivity index is 1.85. The molecule has 1 amide bonds. The van der Waals surface area contributed by atoms with Gasteiger partial charge in [-0.15, -0.1) is 9.97 Å². The second-order valence-corrected chi connectivity index (χ2v) is 7.22. The van der Waals surface area contributed by atoms with Crippen molar-refractivity contribution in [3.8, 4) is 6.01 Å². The van der Waals surface area contributed by atoms with Crippen LogP contribution in [-0.2, 0) is 9.53 Å². The molecule has 0 saturated heterocycles. The van der Waals surface area contributed by atoms with Crippen molar-refractivity contribution >= 4 is 24.0 Å². The lowest BCUT2D eigenvalue weighted by Gasteiger charge is -2.23. The number of benzene rings is 1. The fraction of sp³-hybridized carbons (Fsp3) is 0.238. The van der Waals surface area contributed by atoms with Gasteiger partial charge in [-0.25, -0.2) is 0 Å². The molecule has 0 unspecified atom stereocenters. The number of nitrogens with one attached hydrogen (secondary N) is 1.